The van der Waals surface area contributed by atoms with Crippen LogP contribution in [0.3, 0.4) is 0 Å². The molecule has 1 heteroatoms. The number of nitrogens with two attached hydrogens (primary N) is 1. The fraction of sp³-hybridized carbons (Fsp3) is 0.176. The molecule has 0 saturated carbocycles. The summed E-state index contributed by atoms with van der Waals surface area (Å²) in [5.74, 6) is 0. The molecule has 0 aromatic heterocycles. The Morgan fingerprint density at radius 3 is 2.22 bits per heavy atom. The van der Waals surface area contributed by atoms with Crippen molar-refractivity contribution >= 4 is 27.2 Å². The quantitative estimate of drug-likeness (QED) is 0.436. The molecule has 0 radical (unpaired) electrons. The van der Waals surface area contributed by atoms with Crippen molar-refractivity contribution in [1.29, 1.82) is 0 Å². The summed E-state index contributed by atoms with van der Waals surface area (Å²) in [6.45, 7) is 6.17. The summed E-state index contributed by atoms with van der Waals surface area (Å²) in [6.07, 6.45) is 0. The molecule has 0 saturated heterocycles. The molecule has 0 aliphatic heterocycles. The SMILES string of the molecule is CC.Cc1c2ccccc2cc2cc(N)ccc12. The summed E-state index contributed by atoms with van der Waals surface area (Å²) in [5, 5.41) is 5.10. The largest absolute Gasteiger partial charge is 0.399 e. The lowest BCUT2D eigenvalue weighted by atomic mass is 9.97. The standard InChI is InChI=1S/C15H13N.C2H6/c1-10-14-5-3-2-4-11(14)8-12-9-13(16)6-7-15(10)12;1-2/h2-9H,16H2,1H3;1-2H3. The minimum Gasteiger partial charge on any atom is -0.399 e. The second-order valence-electron chi connectivity index (χ2n) is 4.20. The lowest BCUT2D eigenvalue weighted by molar-refractivity contribution is 1.50. The van der Waals surface area contributed by atoms with Crippen LogP contribution in [0, 0.1) is 6.92 Å². The van der Waals surface area contributed by atoms with Gasteiger partial charge >= 0.3 is 0 Å². The molecule has 0 bridgehead atoms. The first kappa shape index (κ1) is 12.4. The van der Waals surface area contributed by atoms with Crippen molar-refractivity contribution < 1.29 is 0 Å². The van der Waals surface area contributed by atoms with Crippen LogP contribution in [0.4, 0.5) is 5.69 Å². The molecule has 0 heterocycles. The number of benzene rings is 3. The lowest BCUT2D eigenvalue weighted by Crippen LogP contribution is -1.86. The Kier molecular flexibility index (Phi) is 3.52. The van der Waals surface area contributed by atoms with Gasteiger partial charge in [0.25, 0.3) is 0 Å². The van der Waals surface area contributed by atoms with E-state index in [1.54, 1.807) is 0 Å². The van der Waals surface area contributed by atoms with Crippen molar-refractivity contribution in [2.75, 3.05) is 5.73 Å². The molecule has 0 spiro atoms. The normalized spacial score (nSPS) is 10.2. The van der Waals surface area contributed by atoms with E-state index in [-0.39, 0.29) is 0 Å². The van der Waals surface area contributed by atoms with Crippen molar-refractivity contribution in [2.45, 2.75) is 20.8 Å². The van der Waals surface area contributed by atoms with Gasteiger partial charge in [0, 0.05) is 5.69 Å². The van der Waals surface area contributed by atoms with Crippen LogP contribution in [0.25, 0.3) is 21.5 Å². The van der Waals surface area contributed by atoms with Gasteiger partial charge in [-0.05, 0) is 52.2 Å². The van der Waals surface area contributed by atoms with Gasteiger partial charge in [-0.25, -0.2) is 0 Å². The Morgan fingerprint density at radius 1 is 0.778 bits per heavy atom. The van der Waals surface area contributed by atoms with Gasteiger partial charge in [-0.1, -0.05) is 44.2 Å². The topological polar surface area (TPSA) is 26.0 Å². The average Bonchev–Trinajstić information content (AvgIpc) is 2.41. The minimum atomic E-state index is 0.821. The summed E-state index contributed by atoms with van der Waals surface area (Å²) >= 11 is 0. The smallest absolute Gasteiger partial charge is 0.0320 e. The molecule has 0 aliphatic rings. The lowest BCUT2D eigenvalue weighted by Gasteiger charge is -2.08. The van der Waals surface area contributed by atoms with Gasteiger partial charge in [0.05, 0.1) is 0 Å². The molecule has 0 amide bonds. The molecule has 2 N–H and O–H groups in total. The van der Waals surface area contributed by atoms with Gasteiger partial charge in [0.1, 0.15) is 0 Å². The third-order valence-corrected chi connectivity index (χ3v) is 3.16. The number of rotatable bonds is 0. The van der Waals surface area contributed by atoms with E-state index in [0.717, 1.165) is 5.69 Å². The molecule has 3 aromatic rings. The van der Waals surface area contributed by atoms with Gasteiger partial charge in [-0.3, -0.25) is 0 Å². The number of aryl methyl sites for hydroxylation is 1. The van der Waals surface area contributed by atoms with E-state index in [2.05, 4.69) is 43.3 Å². The van der Waals surface area contributed by atoms with E-state index in [1.807, 2.05) is 26.0 Å². The van der Waals surface area contributed by atoms with E-state index in [4.69, 9.17) is 5.73 Å². The maximum atomic E-state index is 5.82. The van der Waals surface area contributed by atoms with Crippen LogP contribution < -0.4 is 5.73 Å². The first-order valence-corrected chi connectivity index (χ1v) is 6.43. The second-order valence-corrected chi connectivity index (χ2v) is 4.20. The van der Waals surface area contributed by atoms with Crippen LogP contribution in [-0.4, -0.2) is 0 Å². The molecule has 18 heavy (non-hydrogen) atoms. The number of nitrogen functional groups attached to an aromatic ring is 1. The molecule has 0 aliphatic carbocycles. The van der Waals surface area contributed by atoms with Crippen LogP contribution in [0.2, 0.25) is 0 Å². The van der Waals surface area contributed by atoms with Crippen LogP contribution in [0.5, 0.6) is 0 Å². The first-order chi connectivity index (χ1) is 8.75. The highest BCUT2D eigenvalue weighted by Crippen LogP contribution is 2.28. The third-order valence-electron chi connectivity index (χ3n) is 3.16. The predicted octanol–water partition coefficient (Wildman–Crippen LogP) is 4.91. The Labute approximate surface area is 108 Å². The number of anilines is 1. The molecule has 3 rings (SSSR count). The average molecular weight is 237 g/mol. The summed E-state index contributed by atoms with van der Waals surface area (Å²) in [7, 11) is 0. The first-order valence-electron chi connectivity index (χ1n) is 6.43. The van der Waals surface area contributed by atoms with Crippen molar-refractivity contribution in [2.24, 2.45) is 0 Å². The zero-order valence-corrected chi connectivity index (χ0v) is 11.2. The Balaban J connectivity index is 0.000000574. The van der Waals surface area contributed by atoms with E-state index in [0.29, 0.717) is 0 Å². The van der Waals surface area contributed by atoms with Crippen molar-refractivity contribution in [3.63, 3.8) is 0 Å². The Bertz CT molecular complexity index is 684. The zero-order valence-electron chi connectivity index (χ0n) is 11.2. The van der Waals surface area contributed by atoms with Crippen molar-refractivity contribution in [3.8, 4) is 0 Å². The zero-order chi connectivity index (χ0) is 13.1. The minimum absolute atomic E-state index is 0.821. The van der Waals surface area contributed by atoms with Gasteiger partial charge in [0.2, 0.25) is 0 Å². The van der Waals surface area contributed by atoms with Gasteiger partial charge in [-0.15, -0.1) is 0 Å². The van der Waals surface area contributed by atoms with Crippen LogP contribution in [-0.2, 0) is 0 Å². The maximum Gasteiger partial charge on any atom is 0.0320 e. The van der Waals surface area contributed by atoms with E-state index >= 15 is 0 Å². The fourth-order valence-corrected chi connectivity index (χ4v) is 2.32. The summed E-state index contributed by atoms with van der Waals surface area (Å²) < 4.78 is 0. The highest BCUT2D eigenvalue weighted by Gasteiger charge is 2.03. The summed E-state index contributed by atoms with van der Waals surface area (Å²) in [4.78, 5) is 0. The number of hydrogen-bond donors (Lipinski definition) is 1. The molecule has 0 fully saturated rings. The highest BCUT2D eigenvalue weighted by molar-refractivity contribution is 6.02. The second kappa shape index (κ2) is 5.09. The fourth-order valence-electron chi connectivity index (χ4n) is 2.32. The molecular formula is C17H19N. The van der Waals surface area contributed by atoms with Gasteiger partial charge in [0.15, 0.2) is 0 Å². The van der Waals surface area contributed by atoms with Crippen LogP contribution >= 0.6 is 0 Å². The maximum absolute atomic E-state index is 5.82. The van der Waals surface area contributed by atoms with E-state index < -0.39 is 0 Å². The van der Waals surface area contributed by atoms with Crippen LogP contribution in [0.1, 0.15) is 19.4 Å². The Morgan fingerprint density at radius 2 is 1.44 bits per heavy atom. The predicted molar refractivity (Wildman–Crippen MR) is 82.0 cm³/mol. The Hall–Kier alpha value is -2.02. The van der Waals surface area contributed by atoms with E-state index in [1.165, 1.54) is 27.1 Å². The van der Waals surface area contributed by atoms with E-state index in [9.17, 15) is 0 Å². The summed E-state index contributed by atoms with van der Waals surface area (Å²) in [5.41, 5.74) is 7.97. The van der Waals surface area contributed by atoms with Gasteiger partial charge < -0.3 is 5.73 Å². The van der Waals surface area contributed by atoms with Gasteiger partial charge in [-0.2, -0.15) is 0 Å². The van der Waals surface area contributed by atoms with Crippen LogP contribution in [0.15, 0.2) is 48.5 Å². The third kappa shape index (κ3) is 2.04. The molecule has 0 atom stereocenters. The molecule has 3 aromatic carbocycles. The molecule has 0 unspecified atom stereocenters. The monoisotopic (exact) mass is 237 g/mol. The van der Waals surface area contributed by atoms with Crippen molar-refractivity contribution in [3.05, 3.63) is 54.1 Å². The molecular weight excluding hydrogens is 218 g/mol. The summed E-state index contributed by atoms with van der Waals surface area (Å²) in [6, 6.07) is 16.8. The number of fused-ring (bicyclic) bond motifs is 2. The molecule has 92 valence electrons. The van der Waals surface area contributed by atoms with Crippen molar-refractivity contribution in [1.82, 2.24) is 0 Å². The molecule has 1 nitrogen and oxygen atoms in total. The number of hydrogen-bond acceptors (Lipinski definition) is 1. The highest BCUT2D eigenvalue weighted by atomic mass is 14.5.